The van der Waals surface area contributed by atoms with Gasteiger partial charge in [-0.25, -0.2) is 0 Å². The number of benzene rings is 2. The van der Waals surface area contributed by atoms with Crippen molar-refractivity contribution in [2.24, 2.45) is 5.16 Å². The Balaban J connectivity index is 1.33. The van der Waals surface area contributed by atoms with Crippen LogP contribution in [0.4, 0.5) is 13.2 Å². The zero-order valence-corrected chi connectivity index (χ0v) is 16.4. The van der Waals surface area contributed by atoms with Gasteiger partial charge in [0.2, 0.25) is 0 Å². The van der Waals surface area contributed by atoms with Crippen molar-refractivity contribution in [1.82, 2.24) is 10.3 Å². The van der Waals surface area contributed by atoms with Crippen LogP contribution in [0.25, 0.3) is 11.1 Å². The Morgan fingerprint density at radius 1 is 0.935 bits per heavy atom. The van der Waals surface area contributed by atoms with Gasteiger partial charge in [0.1, 0.15) is 0 Å². The largest absolute Gasteiger partial charge is 0.458 e. The molecule has 2 heterocycles. The van der Waals surface area contributed by atoms with Gasteiger partial charge in [-0.05, 0) is 39.9 Å². The van der Waals surface area contributed by atoms with E-state index in [1.807, 2.05) is 48.7 Å². The van der Waals surface area contributed by atoms with Crippen LogP contribution < -0.4 is 5.32 Å². The summed E-state index contributed by atoms with van der Waals surface area (Å²) >= 11 is 0. The average molecular weight is 427 g/mol. The van der Waals surface area contributed by atoms with Crippen LogP contribution in [-0.2, 0) is 17.9 Å². The SMILES string of the molecule is OC1(C(F)(F)F)CC(c2ccc(CNCc3cccc(-c4cccnc4)c3)cc2)=NO1. The van der Waals surface area contributed by atoms with Crippen LogP contribution in [0.1, 0.15) is 23.1 Å². The zero-order valence-electron chi connectivity index (χ0n) is 16.4. The number of aliphatic hydroxyl groups is 1. The molecule has 1 atom stereocenters. The maximum absolute atomic E-state index is 12.8. The highest BCUT2D eigenvalue weighted by molar-refractivity contribution is 6.01. The number of aromatic nitrogens is 1. The molecule has 1 aliphatic rings. The fraction of sp³-hybridized carbons (Fsp3) is 0.217. The molecule has 2 N–H and O–H groups in total. The highest BCUT2D eigenvalue weighted by atomic mass is 19.4. The molecule has 0 bridgehead atoms. The van der Waals surface area contributed by atoms with Gasteiger partial charge in [0.15, 0.2) is 0 Å². The molecular formula is C23H20F3N3O2. The van der Waals surface area contributed by atoms with E-state index in [2.05, 4.69) is 26.4 Å². The number of nitrogens with one attached hydrogen (secondary N) is 1. The Bertz CT molecular complexity index is 1070. The van der Waals surface area contributed by atoms with E-state index in [4.69, 9.17) is 0 Å². The Hall–Kier alpha value is -3.23. The number of pyridine rings is 1. The molecule has 0 saturated heterocycles. The number of nitrogens with zero attached hydrogens (tertiary/aromatic N) is 2. The van der Waals surface area contributed by atoms with Crippen LogP contribution in [0.2, 0.25) is 0 Å². The molecule has 8 heteroatoms. The minimum Gasteiger partial charge on any atom is -0.350 e. The fourth-order valence-electron chi connectivity index (χ4n) is 3.29. The molecular weight excluding hydrogens is 407 g/mol. The van der Waals surface area contributed by atoms with E-state index < -0.39 is 18.4 Å². The van der Waals surface area contributed by atoms with Crippen molar-refractivity contribution in [3.05, 3.63) is 89.7 Å². The molecule has 5 nitrogen and oxygen atoms in total. The lowest BCUT2D eigenvalue weighted by Gasteiger charge is -2.22. The molecule has 0 spiro atoms. The molecule has 0 saturated carbocycles. The second-order valence-electron chi connectivity index (χ2n) is 7.33. The first-order chi connectivity index (χ1) is 14.8. The number of oxime groups is 1. The van der Waals surface area contributed by atoms with Crippen molar-refractivity contribution < 1.29 is 23.1 Å². The molecule has 0 radical (unpaired) electrons. The summed E-state index contributed by atoms with van der Waals surface area (Å²) in [6.07, 6.45) is -2.08. The summed E-state index contributed by atoms with van der Waals surface area (Å²) < 4.78 is 38.5. The highest BCUT2D eigenvalue weighted by Gasteiger charge is 2.60. The van der Waals surface area contributed by atoms with Crippen LogP contribution in [0.5, 0.6) is 0 Å². The third-order valence-electron chi connectivity index (χ3n) is 5.02. The van der Waals surface area contributed by atoms with E-state index in [0.29, 0.717) is 18.7 Å². The van der Waals surface area contributed by atoms with Crippen molar-refractivity contribution in [2.75, 3.05) is 0 Å². The molecule has 0 amide bonds. The molecule has 2 aromatic carbocycles. The normalized spacial score (nSPS) is 18.5. The summed E-state index contributed by atoms with van der Waals surface area (Å²) in [5.41, 5.74) is 4.78. The molecule has 160 valence electrons. The molecule has 31 heavy (non-hydrogen) atoms. The van der Waals surface area contributed by atoms with Gasteiger partial charge >= 0.3 is 12.0 Å². The molecule has 1 aromatic heterocycles. The van der Waals surface area contributed by atoms with Crippen LogP contribution >= 0.6 is 0 Å². The predicted octanol–water partition coefficient (Wildman–Crippen LogP) is 4.41. The minimum absolute atomic E-state index is 0.0616. The summed E-state index contributed by atoms with van der Waals surface area (Å²) in [7, 11) is 0. The van der Waals surface area contributed by atoms with E-state index in [0.717, 1.165) is 22.3 Å². The van der Waals surface area contributed by atoms with Gasteiger partial charge in [-0.15, -0.1) is 0 Å². The van der Waals surface area contributed by atoms with Crippen molar-refractivity contribution in [2.45, 2.75) is 31.5 Å². The second kappa shape index (κ2) is 8.49. The van der Waals surface area contributed by atoms with Crippen LogP contribution in [-0.4, -0.2) is 27.8 Å². The minimum atomic E-state index is -4.91. The maximum atomic E-state index is 12.8. The van der Waals surface area contributed by atoms with Crippen LogP contribution in [0, 0.1) is 0 Å². The smallest absolute Gasteiger partial charge is 0.350 e. The van der Waals surface area contributed by atoms with E-state index in [1.165, 1.54) is 0 Å². The lowest BCUT2D eigenvalue weighted by atomic mass is 10.0. The Kier molecular flexibility index (Phi) is 5.75. The van der Waals surface area contributed by atoms with E-state index >= 15 is 0 Å². The van der Waals surface area contributed by atoms with E-state index in [9.17, 15) is 18.3 Å². The third-order valence-corrected chi connectivity index (χ3v) is 5.02. The summed E-state index contributed by atoms with van der Waals surface area (Å²) in [5, 5.41) is 16.3. The molecule has 1 aliphatic heterocycles. The monoisotopic (exact) mass is 427 g/mol. The van der Waals surface area contributed by atoms with Crippen molar-refractivity contribution in [3.8, 4) is 11.1 Å². The molecule has 1 unspecified atom stereocenters. The van der Waals surface area contributed by atoms with Gasteiger partial charge in [0.25, 0.3) is 0 Å². The van der Waals surface area contributed by atoms with Gasteiger partial charge < -0.3 is 15.3 Å². The topological polar surface area (TPSA) is 66.7 Å². The lowest BCUT2D eigenvalue weighted by Crippen LogP contribution is -2.45. The maximum Gasteiger partial charge on any atom is 0.458 e. The van der Waals surface area contributed by atoms with Gasteiger partial charge in [-0.1, -0.05) is 53.7 Å². The van der Waals surface area contributed by atoms with Crippen molar-refractivity contribution >= 4 is 5.71 Å². The summed E-state index contributed by atoms with van der Waals surface area (Å²) in [5.74, 6) is -3.26. The van der Waals surface area contributed by atoms with Gasteiger partial charge in [-0.2, -0.15) is 13.2 Å². The number of rotatable bonds is 6. The highest BCUT2D eigenvalue weighted by Crippen LogP contribution is 2.38. The molecule has 0 fully saturated rings. The fourth-order valence-corrected chi connectivity index (χ4v) is 3.29. The first-order valence-electron chi connectivity index (χ1n) is 9.68. The van der Waals surface area contributed by atoms with Crippen LogP contribution in [0.15, 0.2) is 78.2 Å². The van der Waals surface area contributed by atoms with E-state index in [-0.39, 0.29) is 5.71 Å². The molecule has 0 aliphatic carbocycles. The Morgan fingerprint density at radius 2 is 1.68 bits per heavy atom. The standard InChI is InChI=1S/C23H20F3N3O2/c24-23(25,26)22(30)12-21(29-31-22)18-8-6-16(7-9-18)13-28-14-17-3-1-4-19(11-17)20-5-2-10-27-15-20/h1-11,15,28,30H,12-14H2. The summed E-state index contributed by atoms with van der Waals surface area (Å²) in [6.45, 7) is 1.25. The first-order valence-corrected chi connectivity index (χ1v) is 9.68. The number of hydrogen-bond donors (Lipinski definition) is 2. The third kappa shape index (κ3) is 4.76. The van der Waals surface area contributed by atoms with Crippen molar-refractivity contribution in [1.29, 1.82) is 0 Å². The van der Waals surface area contributed by atoms with Gasteiger partial charge in [0, 0.05) is 25.5 Å². The zero-order chi connectivity index (χ0) is 21.9. The number of halogens is 3. The molecule has 3 aromatic rings. The van der Waals surface area contributed by atoms with Gasteiger partial charge in [-0.3, -0.25) is 4.98 Å². The Labute approximate surface area is 177 Å². The number of hydrogen-bond acceptors (Lipinski definition) is 5. The van der Waals surface area contributed by atoms with E-state index in [1.54, 1.807) is 18.3 Å². The summed E-state index contributed by atoms with van der Waals surface area (Å²) in [4.78, 5) is 8.41. The second-order valence-corrected chi connectivity index (χ2v) is 7.33. The predicted molar refractivity (Wildman–Crippen MR) is 110 cm³/mol. The Morgan fingerprint density at radius 3 is 2.35 bits per heavy atom. The average Bonchev–Trinajstić information content (AvgIpc) is 3.19. The summed E-state index contributed by atoms with van der Waals surface area (Å²) in [6, 6.07) is 19.0. The lowest BCUT2D eigenvalue weighted by molar-refractivity contribution is -0.355. The van der Waals surface area contributed by atoms with Crippen molar-refractivity contribution in [3.63, 3.8) is 0 Å². The molecule has 4 rings (SSSR count). The number of alkyl halides is 3. The van der Waals surface area contributed by atoms with Gasteiger partial charge in [0.05, 0.1) is 12.1 Å². The quantitative estimate of drug-likeness (QED) is 0.612. The van der Waals surface area contributed by atoms with Crippen LogP contribution in [0.3, 0.4) is 0 Å². The first kappa shape index (κ1) is 21.0.